The van der Waals surface area contributed by atoms with E-state index in [4.69, 9.17) is 0 Å². The maximum absolute atomic E-state index is 13.0. The van der Waals surface area contributed by atoms with Crippen molar-refractivity contribution in [3.63, 3.8) is 0 Å². The van der Waals surface area contributed by atoms with Crippen LogP contribution in [-0.4, -0.2) is 41.4 Å². The summed E-state index contributed by atoms with van der Waals surface area (Å²) in [4.78, 5) is 2.03. The van der Waals surface area contributed by atoms with Crippen molar-refractivity contribution in [3.05, 3.63) is 12.2 Å². The Morgan fingerprint density at radius 2 is 2.50 bits per heavy atom. The predicted molar refractivity (Wildman–Crippen MR) is 44.7 cm³/mol. The molecule has 0 amide bonds. The van der Waals surface area contributed by atoms with Gasteiger partial charge < -0.3 is 5.11 Å². The lowest BCUT2D eigenvalue weighted by Gasteiger charge is -2.28. The molecule has 2 nitrogen and oxygen atoms in total. The highest BCUT2D eigenvalue weighted by molar-refractivity contribution is 5.18. The Bertz CT molecular complexity index is 219. The minimum absolute atomic E-state index is 0.0619. The zero-order valence-corrected chi connectivity index (χ0v) is 7.09. The van der Waals surface area contributed by atoms with Crippen LogP contribution in [0.25, 0.3) is 0 Å². The van der Waals surface area contributed by atoms with Crippen LogP contribution in [-0.2, 0) is 0 Å². The zero-order valence-electron chi connectivity index (χ0n) is 7.09. The van der Waals surface area contributed by atoms with Gasteiger partial charge in [0.05, 0.1) is 12.1 Å². The lowest BCUT2D eigenvalue weighted by Crippen LogP contribution is -2.41. The normalized spacial score (nSPS) is 42.2. The van der Waals surface area contributed by atoms with Crippen LogP contribution in [0.3, 0.4) is 0 Å². The quantitative estimate of drug-likeness (QED) is 0.588. The lowest BCUT2D eigenvalue weighted by molar-refractivity contribution is 0.0997. The van der Waals surface area contributed by atoms with Crippen LogP contribution >= 0.6 is 0 Å². The van der Waals surface area contributed by atoms with Crippen molar-refractivity contribution in [1.82, 2.24) is 4.90 Å². The minimum Gasteiger partial charge on any atom is -0.394 e. The minimum atomic E-state index is -0.759. The molecule has 2 heterocycles. The molecule has 2 saturated heterocycles. The number of aliphatic hydroxyl groups is 1. The van der Waals surface area contributed by atoms with Crippen molar-refractivity contribution in [2.75, 3.05) is 19.7 Å². The molecule has 0 aromatic carbocycles. The number of aliphatic hydroxyl groups excluding tert-OH is 1. The van der Waals surface area contributed by atoms with E-state index in [0.29, 0.717) is 13.0 Å². The van der Waals surface area contributed by atoms with E-state index in [1.807, 2.05) is 4.90 Å². The van der Waals surface area contributed by atoms with Crippen LogP contribution in [0, 0.1) is 0 Å². The molecule has 2 aliphatic heterocycles. The molecular weight excluding hydrogens is 157 g/mol. The SMILES string of the molecule is C=C1CN2C[C@H](F)C[C@@]2(CO)C1. The second-order valence-electron chi connectivity index (χ2n) is 3.99. The van der Waals surface area contributed by atoms with E-state index >= 15 is 0 Å². The van der Waals surface area contributed by atoms with E-state index in [2.05, 4.69) is 6.58 Å². The second kappa shape index (κ2) is 2.54. The molecule has 0 saturated carbocycles. The maximum atomic E-state index is 13.0. The monoisotopic (exact) mass is 171 g/mol. The molecule has 0 radical (unpaired) electrons. The molecule has 0 bridgehead atoms. The summed E-state index contributed by atoms with van der Waals surface area (Å²) in [5.41, 5.74) is 0.826. The third-order valence-electron chi connectivity index (χ3n) is 2.98. The fraction of sp³-hybridized carbons (Fsp3) is 0.778. The molecule has 0 aromatic heterocycles. The molecule has 0 unspecified atom stereocenters. The maximum Gasteiger partial charge on any atom is 0.115 e. The summed E-state index contributed by atoms with van der Waals surface area (Å²) < 4.78 is 13.0. The Hall–Kier alpha value is -0.410. The molecule has 12 heavy (non-hydrogen) atoms. The molecule has 0 spiro atoms. The van der Waals surface area contributed by atoms with Crippen molar-refractivity contribution in [2.45, 2.75) is 24.6 Å². The van der Waals surface area contributed by atoms with Gasteiger partial charge in [0.25, 0.3) is 0 Å². The van der Waals surface area contributed by atoms with Gasteiger partial charge in [-0.05, 0) is 6.42 Å². The first kappa shape index (κ1) is 8.20. The van der Waals surface area contributed by atoms with Crippen LogP contribution in [0.5, 0.6) is 0 Å². The number of hydrogen-bond donors (Lipinski definition) is 1. The first-order valence-electron chi connectivity index (χ1n) is 4.33. The van der Waals surface area contributed by atoms with Gasteiger partial charge in [0, 0.05) is 19.5 Å². The largest absolute Gasteiger partial charge is 0.394 e. The summed E-state index contributed by atoms with van der Waals surface area (Å²) in [6, 6.07) is 0. The predicted octanol–water partition coefficient (Wildman–Crippen LogP) is 0.721. The van der Waals surface area contributed by atoms with Crippen LogP contribution in [0.1, 0.15) is 12.8 Å². The standard InChI is InChI=1S/C9H14FNO/c1-7-2-9(6-12)3-8(10)5-11(9)4-7/h8,12H,1-6H2/t8-,9-/m1/s1. The molecule has 2 rings (SSSR count). The smallest absolute Gasteiger partial charge is 0.115 e. The van der Waals surface area contributed by atoms with E-state index < -0.39 is 6.17 Å². The van der Waals surface area contributed by atoms with E-state index in [9.17, 15) is 9.50 Å². The third kappa shape index (κ3) is 1.00. The number of rotatable bonds is 1. The van der Waals surface area contributed by atoms with Crippen molar-refractivity contribution in [2.24, 2.45) is 0 Å². The summed E-state index contributed by atoms with van der Waals surface area (Å²) in [6.07, 6.45) is 0.483. The Balaban J connectivity index is 2.21. The summed E-state index contributed by atoms with van der Waals surface area (Å²) in [6.45, 7) is 5.18. The van der Waals surface area contributed by atoms with E-state index in [1.165, 1.54) is 0 Å². The van der Waals surface area contributed by atoms with Gasteiger partial charge in [0.15, 0.2) is 0 Å². The van der Waals surface area contributed by atoms with Crippen molar-refractivity contribution >= 4 is 0 Å². The van der Waals surface area contributed by atoms with Crippen molar-refractivity contribution in [3.8, 4) is 0 Å². The molecule has 0 aliphatic carbocycles. The molecular formula is C9H14FNO. The summed E-state index contributed by atoms with van der Waals surface area (Å²) in [5, 5.41) is 9.21. The summed E-state index contributed by atoms with van der Waals surface area (Å²) >= 11 is 0. The second-order valence-corrected chi connectivity index (χ2v) is 3.99. The lowest BCUT2D eigenvalue weighted by atomic mass is 9.93. The van der Waals surface area contributed by atoms with Gasteiger partial charge in [-0.25, -0.2) is 4.39 Å². The van der Waals surface area contributed by atoms with E-state index in [1.54, 1.807) is 0 Å². The Morgan fingerprint density at radius 1 is 1.75 bits per heavy atom. The fourth-order valence-corrected chi connectivity index (χ4v) is 2.47. The first-order valence-corrected chi connectivity index (χ1v) is 4.33. The number of nitrogens with zero attached hydrogens (tertiary/aromatic N) is 1. The van der Waals surface area contributed by atoms with Gasteiger partial charge in [-0.3, -0.25) is 4.90 Å². The van der Waals surface area contributed by atoms with Crippen LogP contribution in [0.4, 0.5) is 4.39 Å². The van der Waals surface area contributed by atoms with Gasteiger partial charge >= 0.3 is 0 Å². The summed E-state index contributed by atoms with van der Waals surface area (Å²) in [7, 11) is 0. The van der Waals surface area contributed by atoms with Gasteiger partial charge in [-0.2, -0.15) is 0 Å². The van der Waals surface area contributed by atoms with Crippen molar-refractivity contribution in [1.29, 1.82) is 0 Å². The molecule has 0 aromatic rings. The van der Waals surface area contributed by atoms with Crippen LogP contribution < -0.4 is 0 Å². The molecule has 2 atom stereocenters. The summed E-state index contributed by atoms with van der Waals surface area (Å²) in [5.74, 6) is 0. The number of hydrogen-bond acceptors (Lipinski definition) is 2. The highest BCUT2D eigenvalue weighted by atomic mass is 19.1. The number of fused-ring (bicyclic) bond motifs is 1. The molecule has 68 valence electrons. The molecule has 2 fully saturated rings. The van der Waals surface area contributed by atoms with Crippen LogP contribution in [0.15, 0.2) is 12.2 Å². The van der Waals surface area contributed by atoms with E-state index in [-0.39, 0.29) is 12.1 Å². The topological polar surface area (TPSA) is 23.5 Å². The fourth-order valence-electron chi connectivity index (χ4n) is 2.47. The number of alkyl halides is 1. The molecule has 3 heteroatoms. The Kier molecular flexibility index (Phi) is 1.73. The van der Waals surface area contributed by atoms with Gasteiger partial charge in [-0.1, -0.05) is 12.2 Å². The van der Waals surface area contributed by atoms with Gasteiger partial charge in [-0.15, -0.1) is 0 Å². The first-order chi connectivity index (χ1) is 5.66. The van der Waals surface area contributed by atoms with Crippen LogP contribution in [0.2, 0.25) is 0 Å². The van der Waals surface area contributed by atoms with Gasteiger partial charge in [0.1, 0.15) is 6.17 Å². The number of halogens is 1. The zero-order chi connectivity index (χ0) is 8.77. The molecule has 2 aliphatic rings. The average Bonchev–Trinajstić information content (AvgIpc) is 2.40. The highest BCUT2D eigenvalue weighted by Crippen LogP contribution is 2.41. The Labute approximate surface area is 71.7 Å². The van der Waals surface area contributed by atoms with E-state index in [0.717, 1.165) is 18.5 Å². The third-order valence-corrected chi connectivity index (χ3v) is 2.98. The Morgan fingerprint density at radius 3 is 3.08 bits per heavy atom. The average molecular weight is 171 g/mol. The van der Waals surface area contributed by atoms with Gasteiger partial charge in [0.2, 0.25) is 0 Å². The highest BCUT2D eigenvalue weighted by Gasteiger charge is 2.49. The molecule has 1 N–H and O–H groups in total. The van der Waals surface area contributed by atoms with Crippen molar-refractivity contribution < 1.29 is 9.50 Å².